The molecule has 0 aliphatic heterocycles. The van der Waals surface area contributed by atoms with Gasteiger partial charge in [0.25, 0.3) is 0 Å². The van der Waals surface area contributed by atoms with E-state index in [4.69, 9.17) is 32.7 Å². The summed E-state index contributed by atoms with van der Waals surface area (Å²) in [6.07, 6.45) is 0. The van der Waals surface area contributed by atoms with Crippen LogP contribution in [0.5, 0.6) is 11.5 Å². The number of benzene rings is 2. The van der Waals surface area contributed by atoms with Crippen molar-refractivity contribution in [1.29, 1.82) is 0 Å². The van der Waals surface area contributed by atoms with Gasteiger partial charge in [0.2, 0.25) is 0 Å². The van der Waals surface area contributed by atoms with Crippen LogP contribution < -0.4 is 9.47 Å². The molecule has 0 aliphatic rings. The molecule has 0 saturated heterocycles. The summed E-state index contributed by atoms with van der Waals surface area (Å²) in [6, 6.07) is 10.7. The van der Waals surface area contributed by atoms with Gasteiger partial charge in [-0.05, 0) is 50.2 Å². The molecule has 0 spiro atoms. The largest absolute Gasteiger partial charge is 0.496 e. The molecular weight excluding hydrogens is 347 g/mol. The predicted octanol–water partition coefficient (Wildman–Crippen LogP) is 5.24. The first kappa shape index (κ1) is 18.3. The number of halogens is 2. The number of hydrogen-bond donors (Lipinski definition) is 0. The number of nitrogens with zero attached hydrogens (tertiary/aromatic N) is 2. The average molecular weight is 365 g/mol. The molecule has 0 fully saturated rings. The second kappa shape index (κ2) is 8.18. The Bertz CT molecular complexity index is 734. The smallest absolute Gasteiger partial charge is 0.128 e. The molecule has 4 nitrogen and oxygen atoms in total. The third-order valence-corrected chi connectivity index (χ3v) is 3.92. The van der Waals surface area contributed by atoms with Crippen LogP contribution in [0.1, 0.15) is 25.0 Å². The molecule has 0 aliphatic carbocycles. The van der Waals surface area contributed by atoms with E-state index in [2.05, 4.69) is 10.2 Å². The lowest BCUT2D eigenvalue weighted by atomic mass is 10.1. The van der Waals surface area contributed by atoms with Gasteiger partial charge in [0.05, 0.1) is 25.6 Å². The Kier molecular flexibility index (Phi) is 6.23. The van der Waals surface area contributed by atoms with E-state index in [0.717, 1.165) is 11.1 Å². The fourth-order valence-corrected chi connectivity index (χ4v) is 2.53. The highest BCUT2D eigenvalue weighted by molar-refractivity contribution is 6.31. The topological polar surface area (TPSA) is 43.2 Å². The third kappa shape index (κ3) is 4.28. The standard InChI is InChI=1S/C18H18Cl2N2O2/c1-11(15-9-13(19)5-7-17(15)23-3)21-22-12(2)16-10-14(20)6-8-18(16)24-4/h5-10H,1-4H3/b21-11+,22-12+. The first-order valence-electron chi connectivity index (χ1n) is 7.23. The Morgan fingerprint density at radius 3 is 1.46 bits per heavy atom. The fourth-order valence-electron chi connectivity index (χ4n) is 2.18. The Labute approximate surface area is 151 Å². The van der Waals surface area contributed by atoms with Gasteiger partial charge in [0, 0.05) is 21.2 Å². The van der Waals surface area contributed by atoms with Gasteiger partial charge in [-0.15, -0.1) is 0 Å². The Morgan fingerprint density at radius 1 is 0.750 bits per heavy atom. The van der Waals surface area contributed by atoms with Crippen LogP contribution in [-0.4, -0.2) is 25.6 Å². The molecule has 2 aromatic carbocycles. The van der Waals surface area contributed by atoms with Crippen molar-refractivity contribution in [3.05, 3.63) is 57.6 Å². The Balaban J connectivity index is 2.40. The van der Waals surface area contributed by atoms with Crippen LogP contribution in [0.3, 0.4) is 0 Å². The lowest BCUT2D eigenvalue weighted by molar-refractivity contribution is 0.413. The zero-order valence-electron chi connectivity index (χ0n) is 13.9. The van der Waals surface area contributed by atoms with Gasteiger partial charge < -0.3 is 9.47 Å². The van der Waals surface area contributed by atoms with Crippen LogP contribution in [0.15, 0.2) is 46.6 Å². The highest BCUT2D eigenvalue weighted by Crippen LogP contribution is 2.25. The normalized spacial score (nSPS) is 12.2. The number of methoxy groups -OCH3 is 2. The van der Waals surface area contributed by atoms with Crippen molar-refractivity contribution in [2.45, 2.75) is 13.8 Å². The van der Waals surface area contributed by atoms with Crippen LogP contribution in [0.4, 0.5) is 0 Å². The van der Waals surface area contributed by atoms with Crippen molar-refractivity contribution in [2.75, 3.05) is 14.2 Å². The second-order valence-electron chi connectivity index (χ2n) is 5.06. The maximum atomic E-state index is 6.06. The first-order chi connectivity index (χ1) is 11.5. The minimum atomic E-state index is 0.609. The Morgan fingerprint density at radius 2 is 1.12 bits per heavy atom. The quantitative estimate of drug-likeness (QED) is 0.537. The zero-order chi connectivity index (χ0) is 17.7. The highest BCUT2D eigenvalue weighted by atomic mass is 35.5. The highest BCUT2D eigenvalue weighted by Gasteiger charge is 2.09. The maximum absolute atomic E-state index is 6.06. The number of rotatable bonds is 5. The van der Waals surface area contributed by atoms with Crippen molar-refractivity contribution < 1.29 is 9.47 Å². The summed E-state index contributed by atoms with van der Waals surface area (Å²) in [7, 11) is 3.21. The van der Waals surface area contributed by atoms with E-state index in [-0.39, 0.29) is 0 Å². The van der Waals surface area contributed by atoms with E-state index in [1.807, 2.05) is 13.8 Å². The summed E-state index contributed by atoms with van der Waals surface area (Å²) in [5, 5.41) is 9.80. The molecule has 24 heavy (non-hydrogen) atoms. The second-order valence-corrected chi connectivity index (χ2v) is 5.93. The van der Waals surface area contributed by atoms with Crippen molar-refractivity contribution >= 4 is 34.6 Å². The number of hydrogen-bond acceptors (Lipinski definition) is 4. The maximum Gasteiger partial charge on any atom is 0.128 e. The molecule has 0 N–H and O–H groups in total. The molecule has 0 saturated carbocycles. The molecule has 2 rings (SSSR count). The summed E-state index contributed by atoms with van der Waals surface area (Å²) in [5.74, 6) is 1.38. The average Bonchev–Trinajstić information content (AvgIpc) is 2.59. The van der Waals surface area contributed by atoms with Gasteiger partial charge in [-0.3, -0.25) is 0 Å². The Hall–Kier alpha value is -2.04. The molecule has 2 aromatic rings. The van der Waals surface area contributed by atoms with Crippen LogP contribution in [0.2, 0.25) is 10.0 Å². The van der Waals surface area contributed by atoms with Crippen molar-refractivity contribution in [3.63, 3.8) is 0 Å². The lowest BCUT2D eigenvalue weighted by Gasteiger charge is -2.09. The van der Waals surface area contributed by atoms with Crippen molar-refractivity contribution in [3.8, 4) is 11.5 Å². The molecule has 0 bridgehead atoms. The van der Waals surface area contributed by atoms with Crippen LogP contribution >= 0.6 is 23.2 Å². The molecule has 0 radical (unpaired) electrons. The van der Waals surface area contributed by atoms with E-state index in [1.54, 1.807) is 50.6 Å². The summed E-state index contributed by atoms with van der Waals surface area (Å²) in [5.41, 5.74) is 2.96. The molecule has 6 heteroatoms. The summed E-state index contributed by atoms with van der Waals surface area (Å²) in [4.78, 5) is 0. The van der Waals surface area contributed by atoms with Crippen LogP contribution in [0.25, 0.3) is 0 Å². The SMILES string of the molecule is COc1ccc(Cl)cc1/C(C)=N/N=C(\C)c1cc(Cl)ccc1OC. The predicted molar refractivity (Wildman–Crippen MR) is 100 cm³/mol. The molecular formula is C18H18Cl2N2O2. The minimum Gasteiger partial charge on any atom is -0.496 e. The molecule has 0 atom stereocenters. The van der Waals surface area contributed by atoms with Gasteiger partial charge in [0.15, 0.2) is 0 Å². The minimum absolute atomic E-state index is 0.609. The van der Waals surface area contributed by atoms with Crippen molar-refractivity contribution in [2.24, 2.45) is 10.2 Å². The van der Waals surface area contributed by atoms with Gasteiger partial charge >= 0.3 is 0 Å². The van der Waals surface area contributed by atoms with Gasteiger partial charge in [-0.2, -0.15) is 10.2 Å². The molecule has 126 valence electrons. The van der Waals surface area contributed by atoms with E-state index >= 15 is 0 Å². The summed E-state index contributed by atoms with van der Waals surface area (Å²) >= 11 is 12.1. The molecule has 0 unspecified atom stereocenters. The molecule has 0 aromatic heterocycles. The third-order valence-electron chi connectivity index (χ3n) is 3.45. The zero-order valence-corrected chi connectivity index (χ0v) is 15.4. The monoisotopic (exact) mass is 364 g/mol. The number of ether oxygens (including phenoxy) is 2. The van der Waals surface area contributed by atoms with E-state index in [1.165, 1.54) is 0 Å². The van der Waals surface area contributed by atoms with Gasteiger partial charge in [-0.1, -0.05) is 23.2 Å². The van der Waals surface area contributed by atoms with E-state index < -0.39 is 0 Å². The van der Waals surface area contributed by atoms with Gasteiger partial charge in [-0.25, -0.2) is 0 Å². The van der Waals surface area contributed by atoms with Gasteiger partial charge in [0.1, 0.15) is 11.5 Å². The molecule has 0 heterocycles. The lowest BCUT2D eigenvalue weighted by Crippen LogP contribution is -2.01. The van der Waals surface area contributed by atoms with E-state index in [9.17, 15) is 0 Å². The summed E-state index contributed by atoms with van der Waals surface area (Å²) in [6.45, 7) is 3.69. The summed E-state index contributed by atoms with van der Waals surface area (Å²) < 4.78 is 10.7. The van der Waals surface area contributed by atoms with Crippen molar-refractivity contribution in [1.82, 2.24) is 0 Å². The van der Waals surface area contributed by atoms with Crippen LogP contribution in [-0.2, 0) is 0 Å². The van der Waals surface area contributed by atoms with E-state index in [0.29, 0.717) is 33.0 Å². The fraction of sp³-hybridized carbons (Fsp3) is 0.222. The molecule has 0 amide bonds. The first-order valence-corrected chi connectivity index (χ1v) is 7.98. The van der Waals surface area contributed by atoms with Crippen LogP contribution in [0, 0.1) is 0 Å².